The lowest BCUT2D eigenvalue weighted by Crippen LogP contribution is -2.14. The van der Waals surface area contributed by atoms with Crippen LogP contribution < -0.4 is 11.1 Å². The van der Waals surface area contributed by atoms with E-state index in [-0.39, 0.29) is 17.6 Å². The maximum Gasteiger partial charge on any atom is 0.224 e. The Kier molecular flexibility index (Phi) is 4.58. The molecule has 3 nitrogen and oxygen atoms in total. The second-order valence-electron chi connectivity index (χ2n) is 5.28. The molecule has 0 aromatic heterocycles. The quantitative estimate of drug-likeness (QED) is 0.839. The van der Waals surface area contributed by atoms with Gasteiger partial charge in [-0.05, 0) is 48.2 Å². The molecule has 2 rings (SSSR count). The molecule has 0 aliphatic heterocycles. The minimum Gasteiger partial charge on any atom is -0.399 e. The predicted octanol–water partition coefficient (Wildman–Crippen LogP) is 3.85. The fourth-order valence-electron chi connectivity index (χ4n) is 2.10. The first kappa shape index (κ1) is 15.0. The molecule has 1 atom stereocenters. The van der Waals surface area contributed by atoms with Gasteiger partial charge in [0.25, 0.3) is 0 Å². The van der Waals surface area contributed by atoms with Crippen LogP contribution in [0.4, 0.5) is 15.8 Å². The zero-order valence-electron chi connectivity index (χ0n) is 12.2. The maximum absolute atomic E-state index is 13.4. The molecule has 1 amide bonds. The van der Waals surface area contributed by atoms with Crippen LogP contribution in [0.25, 0.3) is 0 Å². The van der Waals surface area contributed by atoms with Gasteiger partial charge in [-0.3, -0.25) is 4.79 Å². The van der Waals surface area contributed by atoms with Gasteiger partial charge >= 0.3 is 0 Å². The van der Waals surface area contributed by atoms with Crippen LogP contribution >= 0.6 is 0 Å². The Bertz CT molecular complexity index is 638. The van der Waals surface area contributed by atoms with Crippen molar-refractivity contribution in [3.63, 3.8) is 0 Å². The highest BCUT2D eigenvalue weighted by Crippen LogP contribution is 2.21. The second-order valence-corrected chi connectivity index (χ2v) is 5.28. The number of nitrogens with two attached hydrogens (primary N) is 1. The number of benzene rings is 2. The van der Waals surface area contributed by atoms with Crippen LogP contribution in [0.5, 0.6) is 0 Å². The van der Waals surface area contributed by atoms with E-state index >= 15 is 0 Å². The van der Waals surface area contributed by atoms with Crippen molar-refractivity contribution < 1.29 is 9.18 Å². The Hall–Kier alpha value is -2.36. The van der Waals surface area contributed by atoms with Crippen LogP contribution in [0.2, 0.25) is 0 Å². The van der Waals surface area contributed by atoms with Crippen molar-refractivity contribution in [3.8, 4) is 0 Å². The standard InChI is InChI=1S/C17H19FN2O/c1-11-3-8-15(10-16(11)18)20-17(21)9-12(2)13-4-6-14(19)7-5-13/h3-8,10,12H,9,19H2,1-2H3,(H,20,21). The first-order valence-electron chi connectivity index (χ1n) is 6.87. The normalized spacial score (nSPS) is 12.0. The molecular weight excluding hydrogens is 267 g/mol. The fraction of sp³-hybridized carbons (Fsp3) is 0.235. The molecule has 0 heterocycles. The van der Waals surface area contributed by atoms with E-state index in [9.17, 15) is 9.18 Å². The molecule has 21 heavy (non-hydrogen) atoms. The molecular formula is C17H19FN2O. The third-order valence-corrected chi connectivity index (χ3v) is 3.45. The van der Waals surface area contributed by atoms with E-state index in [1.807, 2.05) is 31.2 Å². The minimum atomic E-state index is -0.320. The Labute approximate surface area is 124 Å². The second kappa shape index (κ2) is 6.39. The zero-order chi connectivity index (χ0) is 15.4. The van der Waals surface area contributed by atoms with Gasteiger partial charge in [0.1, 0.15) is 5.82 Å². The maximum atomic E-state index is 13.4. The van der Waals surface area contributed by atoms with Gasteiger partial charge in [-0.2, -0.15) is 0 Å². The third-order valence-electron chi connectivity index (χ3n) is 3.45. The summed E-state index contributed by atoms with van der Waals surface area (Å²) < 4.78 is 13.4. The molecule has 0 bridgehead atoms. The monoisotopic (exact) mass is 286 g/mol. The number of rotatable bonds is 4. The van der Waals surface area contributed by atoms with E-state index in [1.54, 1.807) is 19.1 Å². The Morgan fingerprint density at radius 3 is 2.52 bits per heavy atom. The van der Waals surface area contributed by atoms with Crippen molar-refractivity contribution in [2.45, 2.75) is 26.2 Å². The third kappa shape index (κ3) is 4.05. The summed E-state index contributed by atoms with van der Waals surface area (Å²) in [6.07, 6.45) is 0.333. The highest BCUT2D eigenvalue weighted by atomic mass is 19.1. The molecule has 0 spiro atoms. The number of nitrogen functional groups attached to an aromatic ring is 1. The van der Waals surface area contributed by atoms with E-state index < -0.39 is 0 Å². The van der Waals surface area contributed by atoms with Crippen LogP contribution in [0.1, 0.15) is 30.4 Å². The molecule has 1 unspecified atom stereocenters. The summed E-state index contributed by atoms with van der Waals surface area (Å²) in [4.78, 5) is 12.0. The molecule has 0 fully saturated rings. The van der Waals surface area contributed by atoms with E-state index in [0.29, 0.717) is 23.4 Å². The van der Waals surface area contributed by atoms with Crippen molar-refractivity contribution in [1.82, 2.24) is 0 Å². The minimum absolute atomic E-state index is 0.0703. The Balaban J connectivity index is 1.97. The van der Waals surface area contributed by atoms with Crippen molar-refractivity contribution >= 4 is 17.3 Å². The molecule has 0 saturated carbocycles. The summed E-state index contributed by atoms with van der Waals surface area (Å²) >= 11 is 0. The van der Waals surface area contributed by atoms with Gasteiger partial charge in [-0.1, -0.05) is 25.1 Å². The highest BCUT2D eigenvalue weighted by Gasteiger charge is 2.12. The van der Waals surface area contributed by atoms with Crippen LogP contribution in [0, 0.1) is 12.7 Å². The summed E-state index contributed by atoms with van der Waals surface area (Å²) in [6, 6.07) is 12.1. The molecule has 2 aromatic carbocycles. The average molecular weight is 286 g/mol. The molecule has 0 aliphatic rings. The highest BCUT2D eigenvalue weighted by molar-refractivity contribution is 5.91. The molecule has 4 heteroatoms. The predicted molar refractivity (Wildman–Crippen MR) is 83.7 cm³/mol. The van der Waals surface area contributed by atoms with Gasteiger partial charge in [0.05, 0.1) is 0 Å². The number of amides is 1. The molecule has 3 N–H and O–H groups in total. The van der Waals surface area contributed by atoms with Crippen LogP contribution in [-0.4, -0.2) is 5.91 Å². The zero-order valence-corrected chi connectivity index (χ0v) is 12.2. The average Bonchev–Trinajstić information content (AvgIpc) is 2.43. The Morgan fingerprint density at radius 2 is 1.90 bits per heavy atom. The lowest BCUT2D eigenvalue weighted by atomic mass is 9.97. The molecule has 110 valence electrons. The van der Waals surface area contributed by atoms with Crippen molar-refractivity contribution in [1.29, 1.82) is 0 Å². The summed E-state index contributed by atoms with van der Waals surface area (Å²) in [5.74, 6) is -0.386. The van der Waals surface area contributed by atoms with E-state index in [4.69, 9.17) is 5.73 Å². The number of carbonyl (C=O) groups excluding carboxylic acids is 1. The number of aryl methyl sites for hydroxylation is 1. The number of carbonyl (C=O) groups is 1. The molecule has 0 radical (unpaired) electrons. The number of hydrogen-bond acceptors (Lipinski definition) is 2. The van der Waals surface area contributed by atoms with Gasteiger partial charge in [0.15, 0.2) is 0 Å². The van der Waals surface area contributed by atoms with Crippen molar-refractivity contribution in [2.75, 3.05) is 11.1 Å². The van der Waals surface area contributed by atoms with Gasteiger partial charge < -0.3 is 11.1 Å². The smallest absolute Gasteiger partial charge is 0.224 e. The largest absolute Gasteiger partial charge is 0.399 e. The fourth-order valence-corrected chi connectivity index (χ4v) is 2.10. The van der Waals surface area contributed by atoms with Gasteiger partial charge in [0, 0.05) is 17.8 Å². The number of nitrogens with one attached hydrogen (secondary N) is 1. The number of anilines is 2. The molecule has 2 aromatic rings. The van der Waals surface area contributed by atoms with Gasteiger partial charge in [-0.15, -0.1) is 0 Å². The molecule has 0 saturated heterocycles. The van der Waals surface area contributed by atoms with Crippen LogP contribution in [0.3, 0.4) is 0 Å². The van der Waals surface area contributed by atoms with Crippen molar-refractivity contribution in [2.24, 2.45) is 0 Å². The first-order valence-corrected chi connectivity index (χ1v) is 6.87. The summed E-state index contributed by atoms with van der Waals surface area (Å²) in [5, 5.41) is 2.72. The van der Waals surface area contributed by atoms with E-state index in [2.05, 4.69) is 5.32 Å². The lowest BCUT2D eigenvalue weighted by Gasteiger charge is -2.12. The van der Waals surface area contributed by atoms with Crippen LogP contribution in [-0.2, 0) is 4.79 Å². The van der Waals surface area contributed by atoms with Crippen molar-refractivity contribution in [3.05, 3.63) is 59.4 Å². The Morgan fingerprint density at radius 1 is 1.24 bits per heavy atom. The van der Waals surface area contributed by atoms with Crippen LogP contribution in [0.15, 0.2) is 42.5 Å². The number of hydrogen-bond donors (Lipinski definition) is 2. The summed E-state index contributed by atoms with van der Waals surface area (Å²) in [7, 11) is 0. The SMILES string of the molecule is Cc1ccc(NC(=O)CC(C)c2ccc(N)cc2)cc1F. The van der Waals surface area contributed by atoms with E-state index in [1.165, 1.54) is 6.07 Å². The lowest BCUT2D eigenvalue weighted by molar-refractivity contribution is -0.116. The topological polar surface area (TPSA) is 55.1 Å². The van der Waals surface area contributed by atoms with E-state index in [0.717, 1.165) is 5.56 Å². The van der Waals surface area contributed by atoms with Gasteiger partial charge in [0.2, 0.25) is 5.91 Å². The summed E-state index contributed by atoms with van der Waals surface area (Å²) in [5.41, 5.74) is 8.43. The summed E-state index contributed by atoms with van der Waals surface area (Å²) in [6.45, 7) is 3.66. The van der Waals surface area contributed by atoms with Gasteiger partial charge in [-0.25, -0.2) is 4.39 Å². The number of halogens is 1. The molecule has 0 aliphatic carbocycles. The first-order chi connectivity index (χ1) is 9.95.